The van der Waals surface area contributed by atoms with Crippen LogP contribution in [0.5, 0.6) is 0 Å². The van der Waals surface area contributed by atoms with E-state index in [-0.39, 0.29) is 18.5 Å². The van der Waals surface area contributed by atoms with E-state index in [0.717, 1.165) is 17.5 Å². The zero-order chi connectivity index (χ0) is 21.0. The molecule has 1 atom stereocenters. The summed E-state index contributed by atoms with van der Waals surface area (Å²) in [6, 6.07) is 11.8. The lowest BCUT2D eigenvalue weighted by atomic mass is 10.1. The van der Waals surface area contributed by atoms with Crippen molar-refractivity contribution < 1.29 is 9.59 Å². The molecule has 1 unspecified atom stereocenters. The van der Waals surface area contributed by atoms with Gasteiger partial charge in [0, 0.05) is 41.7 Å². The Kier molecular flexibility index (Phi) is 7.28. The molecule has 1 aliphatic rings. The van der Waals surface area contributed by atoms with Crippen LogP contribution in [0.2, 0.25) is 15.1 Å². The number of urea groups is 1. The third-order valence-corrected chi connectivity index (χ3v) is 5.79. The molecule has 3 amide bonds. The summed E-state index contributed by atoms with van der Waals surface area (Å²) in [6.07, 6.45) is 1.44. The van der Waals surface area contributed by atoms with Crippen LogP contribution in [0.25, 0.3) is 0 Å². The summed E-state index contributed by atoms with van der Waals surface area (Å²) in [6.45, 7) is 1.28. The lowest BCUT2D eigenvalue weighted by Gasteiger charge is -2.28. The molecule has 8 heteroatoms. The van der Waals surface area contributed by atoms with E-state index in [1.165, 1.54) is 0 Å². The van der Waals surface area contributed by atoms with Gasteiger partial charge in [-0.05, 0) is 48.2 Å². The maximum Gasteiger partial charge on any atom is 0.318 e. The van der Waals surface area contributed by atoms with E-state index in [9.17, 15) is 9.59 Å². The van der Waals surface area contributed by atoms with Gasteiger partial charge in [-0.2, -0.15) is 0 Å². The Bertz CT molecular complexity index is 889. The van der Waals surface area contributed by atoms with Gasteiger partial charge in [-0.1, -0.05) is 53.0 Å². The van der Waals surface area contributed by atoms with Crippen molar-refractivity contribution in [2.75, 3.05) is 13.6 Å². The average molecular weight is 455 g/mol. The number of likely N-dealkylation sites (N-methyl/N-ethyl adjacent to an activating group) is 1. The first-order valence-corrected chi connectivity index (χ1v) is 10.5. The molecule has 29 heavy (non-hydrogen) atoms. The Morgan fingerprint density at radius 1 is 1.10 bits per heavy atom. The number of amides is 3. The van der Waals surface area contributed by atoms with Crippen LogP contribution in [-0.2, 0) is 17.9 Å². The zero-order valence-corrected chi connectivity index (χ0v) is 18.3. The molecule has 154 valence electrons. The van der Waals surface area contributed by atoms with Crippen molar-refractivity contribution in [3.05, 3.63) is 68.7 Å². The molecule has 1 heterocycles. The molecule has 0 aliphatic carbocycles. The van der Waals surface area contributed by atoms with E-state index in [0.29, 0.717) is 34.6 Å². The highest BCUT2D eigenvalue weighted by molar-refractivity contribution is 6.35. The standard InChI is InChI=1S/C21H22Cl3N3O2/c1-26(13-14-4-7-16(22)8-5-14)20(28)19-3-2-10-27(19)21(29)25-12-15-6-9-17(23)11-18(15)24/h4-9,11,19H,2-3,10,12-13H2,1H3,(H,25,29). The van der Waals surface area contributed by atoms with Crippen LogP contribution in [0.1, 0.15) is 24.0 Å². The number of likely N-dealkylation sites (tertiary alicyclic amines) is 1. The third kappa shape index (κ3) is 5.56. The maximum atomic E-state index is 12.9. The van der Waals surface area contributed by atoms with Crippen LogP contribution < -0.4 is 5.32 Å². The molecule has 0 bridgehead atoms. The summed E-state index contributed by atoms with van der Waals surface area (Å²) in [5, 5.41) is 4.55. The molecular weight excluding hydrogens is 433 g/mol. The first-order chi connectivity index (χ1) is 13.8. The van der Waals surface area contributed by atoms with Gasteiger partial charge in [0.1, 0.15) is 6.04 Å². The first-order valence-electron chi connectivity index (χ1n) is 9.33. The van der Waals surface area contributed by atoms with Crippen molar-refractivity contribution in [1.82, 2.24) is 15.1 Å². The molecule has 1 N–H and O–H groups in total. The minimum Gasteiger partial charge on any atom is -0.340 e. The van der Waals surface area contributed by atoms with Crippen LogP contribution in [-0.4, -0.2) is 41.4 Å². The van der Waals surface area contributed by atoms with Crippen LogP contribution in [0, 0.1) is 0 Å². The van der Waals surface area contributed by atoms with Crippen LogP contribution in [0.4, 0.5) is 4.79 Å². The van der Waals surface area contributed by atoms with E-state index in [1.54, 1.807) is 47.2 Å². The number of carbonyl (C=O) groups excluding carboxylic acids is 2. The Hall–Kier alpha value is -1.95. The van der Waals surface area contributed by atoms with Crippen LogP contribution in [0.15, 0.2) is 42.5 Å². The van der Waals surface area contributed by atoms with E-state index in [4.69, 9.17) is 34.8 Å². The lowest BCUT2D eigenvalue weighted by Crippen LogP contribution is -2.49. The summed E-state index contributed by atoms with van der Waals surface area (Å²) in [4.78, 5) is 28.9. The monoisotopic (exact) mass is 453 g/mol. The molecule has 3 rings (SSSR count). The SMILES string of the molecule is CN(Cc1ccc(Cl)cc1)C(=O)C1CCCN1C(=O)NCc1ccc(Cl)cc1Cl. The average Bonchev–Trinajstić information content (AvgIpc) is 3.18. The highest BCUT2D eigenvalue weighted by Crippen LogP contribution is 2.23. The summed E-state index contributed by atoms with van der Waals surface area (Å²) < 4.78 is 0. The van der Waals surface area contributed by atoms with Crippen molar-refractivity contribution in [1.29, 1.82) is 0 Å². The predicted molar refractivity (Wildman–Crippen MR) is 116 cm³/mol. The summed E-state index contributed by atoms with van der Waals surface area (Å²) >= 11 is 18.0. The Labute approximate surface area is 185 Å². The predicted octanol–water partition coefficient (Wildman–Crippen LogP) is 4.98. The van der Waals surface area contributed by atoms with Gasteiger partial charge in [-0.15, -0.1) is 0 Å². The number of halogens is 3. The number of hydrogen-bond acceptors (Lipinski definition) is 2. The summed E-state index contributed by atoms with van der Waals surface area (Å²) in [5.74, 6) is -0.0721. The van der Waals surface area contributed by atoms with E-state index in [1.807, 2.05) is 12.1 Å². The number of nitrogens with one attached hydrogen (secondary N) is 1. The zero-order valence-electron chi connectivity index (χ0n) is 16.0. The van der Waals surface area contributed by atoms with Gasteiger partial charge in [0.15, 0.2) is 0 Å². The number of nitrogens with zero attached hydrogens (tertiary/aromatic N) is 2. The molecule has 5 nitrogen and oxygen atoms in total. The van der Waals surface area contributed by atoms with Crippen molar-refractivity contribution in [3.63, 3.8) is 0 Å². The maximum absolute atomic E-state index is 12.9. The highest BCUT2D eigenvalue weighted by Gasteiger charge is 2.35. The lowest BCUT2D eigenvalue weighted by molar-refractivity contribution is -0.134. The Balaban J connectivity index is 1.59. The molecule has 0 aromatic heterocycles. The van der Waals surface area contributed by atoms with Crippen molar-refractivity contribution in [2.24, 2.45) is 0 Å². The third-order valence-electron chi connectivity index (χ3n) is 4.95. The molecule has 1 aliphatic heterocycles. The minimum atomic E-state index is -0.465. The van der Waals surface area contributed by atoms with E-state index in [2.05, 4.69) is 5.32 Å². The van der Waals surface area contributed by atoms with Crippen molar-refractivity contribution >= 4 is 46.7 Å². The molecule has 2 aromatic carbocycles. The molecule has 0 radical (unpaired) electrons. The molecule has 1 saturated heterocycles. The van der Waals surface area contributed by atoms with Crippen molar-refractivity contribution in [2.45, 2.75) is 32.0 Å². The van der Waals surface area contributed by atoms with Gasteiger partial charge in [0.25, 0.3) is 0 Å². The Morgan fingerprint density at radius 3 is 2.48 bits per heavy atom. The fourth-order valence-electron chi connectivity index (χ4n) is 3.40. The van der Waals surface area contributed by atoms with Crippen LogP contribution >= 0.6 is 34.8 Å². The topological polar surface area (TPSA) is 52.7 Å². The fourth-order valence-corrected chi connectivity index (χ4v) is 4.00. The van der Waals surface area contributed by atoms with Gasteiger partial charge >= 0.3 is 6.03 Å². The van der Waals surface area contributed by atoms with Gasteiger partial charge < -0.3 is 15.1 Å². The molecule has 0 spiro atoms. The van der Waals surface area contributed by atoms with Crippen molar-refractivity contribution in [3.8, 4) is 0 Å². The number of hydrogen-bond donors (Lipinski definition) is 1. The molecule has 2 aromatic rings. The normalized spacial score (nSPS) is 16.0. The number of rotatable bonds is 5. The number of carbonyl (C=O) groups is 2. The second kappa shape index (κ2) is 9.70. The largest absolute Gasteiger partial charge is 0.340 e. The minimum absolute atomic E-state index is 0.0721. The number of benzene rings is 2. The summed E-state index contributed by atoms with van der Waals surface area (Å²) in [5.41, 5.74) is 1.75. The van der Waals surface area contributed by atoms with Gasteiger partial charge in [0.2, 0.25) is 5.91 Å². The second-order valence-corrected chi connectivity index (χ2v) is 8.35. The van der Waals surface area contributed by atoms with Gasteiger partial charge in [-0.25, -0.2) is 4.79 Å². The Morgan fingerprint density at radius 2 is 1.79 bits per heavy atom. The van der Waals surface area contributed by atoms with E-state index >= 15 is 0 Å². The smallest absolute Gasteiger partial charge is 0.318 e. The molecular formula is C21H22Cl3N3O2. The second-order valence-electron chi connectivity index (χ2n) is 7.07. The molecule has 1 fully saturated rings. The quantitative estimate of drug-likeness (QED) is 0.693. The first kappa shape index (κ1) is 21.8. The van der Waals surface area contributed by atoms with E-state index < -0.39 is 6.04 Å². The summed E-state index contributed by atoms with van der Waals surface area (Å²) in [7, 11) is 1.75. The fraction of sp³-hybridized carbons (Fsp3) is 0.333. The van der Waals surface area contributed by atoms with Crippen LogP contribution in [0.3, 0.4) is 0 Å². The molecule has 0 saturated carbocycles. The van der Waals surface area contributed by atoms with Gasteiger partial charge in [0.05, 0.1) is 0 Å². The van der Waals surface area contributed by atoms with Gasteiger partial charge in [-0.3, -0.25) is 4.79 Å². The highest BCUT2D eigenvalue weighted by atomic mass is 35.5.